The number of rotatable bonds is 2. The maximum absolute atomic E-state index is 2.25. The molecule has 1 heteroatoms. The Morgan fingerprint density at radius 1 is 1.17 bits per heavy atom. The zero-order valence-electron chi connectivity index (χ0n) is 4.70. The molecule has 0 bridgehead atoms. The molecule has 0 fully saturated rings. The summed E-state index contributed by atoms with van der Waals surface area (Å²) in [4.78, 5) is 0. The summed E-state index contributed by atoms with van der Waals surface area (Å²) in [6.07, 6.45) is 4.69. The van der Waals surface area contributed by atoms with E-state index >= 15 is 0 Å². The summed E-state index contributed by atoms with van der Waals surface area (Å²) >= 11 is 0. The van der Waals surface area contributed by atoms with Crippen LogP contribution in [0.2, 0.25) is 0 Å². The van der Waals surface area contributed by atoms with Crippen molar-refractivity contribution in [2.75, 3.05) is 0 Å². The zero-order chi connectivity index (χ0) is 4.12. The molecule has 0 aromatic carbocycles. The van der Waals surface area contributed by atoms with Gasteiger partial charge in [0.05, 0.1) is 0 Å². The molecule has 0 radical (unpaired) electrons. The Labute approximate surface area is 53.1 Å². The Bertz CT molecular complexity index is 11.4. The van der Waals surface area contributed by atoms with Crippen molar-refractivity contribution in [2.45, 2.75) is 26.7 Å². The van der Waals surface area contributed by atoms with Crippen LogP contribution in [0, 0.1) is 6.42 Å². The minimum atomic E-state index is 0. The molecule has 0 spiro atoms. The molecular weight excluding hydrogens is 125 g/mol. The number of hydrogen-bond acceptors (Lipinski definition) is 0. The van der Waals surface area contributed by atoms with Crippen LogP contribution in [0.25, 0.3) is 0 Å². The molecular formula is C5H11Zn-. The van der Waals surface area contributed by atoms with E-state index in [4.69, 9.17) is 0 Å². The first-order valence-electron chi connectivity index (χ1n) is 2.23. The van der Waals surface area contributed by atoms with Gasteiger partial charge in [0.25, 0.3) is 0 Å². The minimum Gasteiger partial charge on any atom is -0.329 e. The molecule has 0 unspecified atom stereocenters. The van der Waals surface area contributed by atoms with Crippen molar-refractivity contribution in [1.82, 2.24) is 0 Å². The van der Waals surface area contributed by atoms with Gasteiger partial charge >= 0.3 is 0 Å². The fourth-order valence-electron chi connectivity index (χ4n) is 0.289. The molecule has 0 saturated carbocycles. The average molecular weight is 137 g/mol. The van der Waals surface area contributed by atoms with Gasteiger partial charge in [0.2, 0.25) is 0 Å². The van der Waals surface area contributed by atoms with E-state index in [0.29, 0.717) is 0 Å². The van der Waals surface area contributed by atoms with E-state index < -0.39 is 0 Å². The van der Waals surface area contributed by atoms with Crippen LogP contribution in [0.4, 0.5) is 0 Å². The Hall–Kier alpha value is 0.623. The van der Waals surface area contributed by atoms with Gasteiger partial charge in [-0.3, -0.25) is 0 Å². The number of unbranched alkanes of at least 4 members (excludes halogenated alkanes) is 2. The van der Waals surface area contributed by atoms with E-state index in [1.54, 1.807) is 0 Å². The van der Waals surface area contributed by atoms with Crippen molar-refractivity contribution in [1.29, 1.82) is 0 Å². The summed E-state index contributed by atoms with van der Waals surface area (Å²) in [5.41, 5.74) is 0. The van der Waals surface area contributed by atoms with E-state index in [0.717, 1.165) is 0 Å². The van der Waals surface area contributed by atoms with Crippen molar-refractivity contribution in [2.24, 2.45) is 0 Å². The molecule has 0 atom stereocenters. The molecule has 0 aliphatic heterocycles. The van der Waals surface area contributed by atoms with Crippen molar-refractivity contribution < 1.29 is 19.5 Å². The fourth-order valence-corrected chi connectivity index (χ4v) is 0.289. The van der Waals surface area contributed by atoms with E-state index in [-0.39, 0.29) is 19.5 Å². The molecule has 0 N–H and O–H groups in total. The molecule has 0 aliphatic rings. The molecule has 0 nitrogen and oxygen atoms in total. The summed E-state index contributed by atoms with van der Waals surface area (Å²) in [5.74, 6) is 0. The Morgan fingerprint density at radius 3 is 1.50 bits per heavy atom. The third-order valence-electron chi connectivity index (χ3n) is 0.577. The van der Waals surface area contributed by atoms with Crippen LogP contribution >= 0.6 is 0 Å². The van der Waals surface area contributed by atoms with E-state index in [1.807, 2.05) is 0 Å². The third-order valence-corrected chi connectivity index (χ3v) is 0.577. The van der Waals surface area contributed by atoms with Crippen molar-refractivity contribution in [3.05, 3.63) is 6.42 Å². The molecule has 6 heavy (non-hydrogen) atoms. The maximum atomic E-state index is 2.25. The SMILES string of the molecule is CC[CH-]CC.[Zn]. The summed E-state index contributed by atoms with van der Waals surface area (Å²) in [7, 11) is 0. The first-order chi connectivity index (χ1) is 2.41. The molecule has 0 saturated heterocycles. The van der Waals surface area contributed by atoms with Crippen LogP contribution in [0.1, 0.15) is 26.7 Å². The van der Waals surface area contributed by atoms with Gasteiger partial charge in [-0.25, -0.2) is 0 Å². The first kappa shape index (κ1) is 9.80. The Balaban J connectivity index is 0. The quantitative estimate of drug-likeness (QED) is 0.402. The second kappa shape index (κ2) is 9.16. The monoisotopic (exact) mass is 135 g/mol. The van der Waals surface area contributed by atoms with Crippen LogP contribution < -0.4 is 0 Å². The van der Waals surface area contributed by atoms with Gasteiger partial charge in [-0.05, 0) is 0 Å². The number of hydrogen-bond donors (Lipinski definition) is 0. The van der Waals surface area contributed by atoms with Crippen LogP contribution in [0.15, 0.2) is 0 Å². The molecule has 0 aliphatic carbocycles. The largest absolute Gasteiger partial charge is 0.329 e. The normalized spacial score (nSPS) is 7.00. The second-order valence-electron chi connectivity index (χ2n) is 1.11. The van der Waals surface area contributed by atoms with E-state index in [2.05, 4.69) is 20.3 Å². The molecule has 0 aromatic heterocycles. The maximum Gasteiger partial charge on any atom is 0 e. The van der Waals surface area contributed by atoms with Crippen LogP contribution in [-0.2, 0) is 19.5 Å². The van der Waals surface area contributed by atoms with Gasteiger partial charge in [0.15, 0.2) is 0 Å². The van der Waals surface area contributed by atoms with Gasteiger partial charge in [-0.15, -0.1) is 0 Å². The Kier molecular flexibility index (Phi) is 15.0. The molecule has 34 valence electrons. The van der Waals surface area contributed by atoms with Crippen molar-refractivity contribution in [3.63, 3.8) is 0 Å². The summed E-state index contributed by atoms with van der Waals surface area (Å²) in [6.45, 7) is 4.31. The topological polar surface area (TPSA) is 0 Å². The van der Waals surface area contributed by atoms with Crippen LogP contribution in [0.3, 0.4) is 0 Å². The van der Waals surface area contributed by atoms with Crippen LogP contribution in [0.5, 0.6) is 0 Å². The summed E-state index contributed by atoms with van der Waals surface area (Å²) < 4.78 is 0. The predicted molar refractivity (Wildman–Crippen MR) is 24.9 cm³/mol. The fraction of sp³-hybridized carbons (Fsp3) is 0.800. The molecule has 0 rings (SSSR count). The first-order valence-corrected chi connectivity index (χ1v) is 2.23. The van der Waals surface area contributed by atoms with Gasteiger partial charge in [0, 0.05) is 19.5 Å². The second-order valence-corrected chi connectivity index (χ2v) is 1.11. The summed E-state index contributed by atoms with van der Waals surface area (Å²) in [6, 6.07) is 0. The average Bonchev–Trinajstić information content (AvgIpc) is 1.41. The van der Waals surface area contributed by atoms with Crippen molar-refractivity contribution in [3.8, 4) is 0 Å². The predicted octanol–water partition coefficient (Wildman–Crippen LogP) is 2.01. The van der Waals surface area contributed by atoms with Gasteiger partial charge < -0.3 is 6.42 Å². The third kappa shape index (κ3) is 8.82. The summed E-state index contributed by atoms with van der Waals surface area (Å²) in [5, 5.41) is 0. The Morgan fingerprint density at radius 2 is 1.50 bits per heavy atom. The smallest absolute Gasteiger partial charge is 0 e. The van der Waals surface area contributed by atoms with E-state index in [1.165, 1.54) is 12.8 Å². The molecule has 0 heterocycles. The van der Waals surface area contributed by atoms with Crippen LogP contribution in [-0.4, -0.2) is 0 Å². The molecule has 0 aromatic rings. The van der Waals surface area contributed by atoms with Gasteiger partial charge in [-0.2, -0.15) is 12.8 Å². The van der Waals surface area contributed by atoms with Gasteiger partial charge in [0.1, 0.15) is 0 Å². The zero-order valence-corrected chi connectivity index (χ0v) is 7.67. The molecule has 0 amide bonds. The minimum absolute atomic E-state index is 0. The van der Waals surface area contributed by atoms with Gasteiger partial charge in [-0.1, -0.05) is 13.8 Å². The van der Waals surface area contributed by atoms with E-state index in [9.17, 15) is 0 Å². The van der Waals surface area contributed by atoms with Crippen molar-refractivity contribution >= 4 is 0 Å². The standard InChI is InChI=1S/C5H11.Zn/c1-3-5-4-2;/h5H,3-4H2,1-2H3;/q-1;.